The van der Waals surface area contributed by atoms with Crippen molar-refractivity contribution in [2.24, 2.45) is 5.92 Å². The summed E-state index contributed by atoms with van der Waals surface area (Å²) < 4.78 is 1.10. The van der Waals surface area contributed by atoms with Gasteiger partial charge in [0.2, 0.25) is 5.91 Å². The lowest BCUT2D eigenvalue weighted by Crippen LogP contribution is -2.41. The number of anilines is 1. The van der Waals surface area contributed by atoms with Gasteiger partial charge in [-0.05, 0) is 38.7 Å². The number of aromatic nitrogens is 1. The largest absolute Gasteiger partial charge is 0.356 e. The van der Waals surface area contributed by atoms with Gasteiger partial charge in [-0.15, -0.1) is 11.3 Å². The zero-order valence-corrected chi connectivity index (χ0v) is 17.2. The Morgan fingerprint density at radius 1 is 1.27 bits per heavy atom. The summed E-state index contributed by atoms with van der Waals surface area (Å²) in [5, 5.41) is 3.91. The molecule has 1 aliphatic rings. The van der Waals surface area contributed by atoms with Crippen LogP contribution in [0.15, 0.2) is 6.07 Å². The van der Waals surface area contributed by atoms with Crippen molar-refractivity contribution in [2.75, 3.05) is 37.6 Å². The summed E-state index contributed by atoms with van der Waals surface area (Å²) in [7, 11) is 0. The smallest absolute Gasteiger partial charge is 0.264 e. The van der Waals surface area contributed by atoms with E-state index in [-0.39, 0.29) is 11.8 Å². The Morgan fingerprint density at radius 3 is 2.54 bits per heavy atom. The van der Waals surface area contributed by atoms with Gasteiger partial charge in [-0.2, -0.15) is 0 Å². The molecule has 8 heteroatoms. The van der Waals surface area contributed by atoms with Crippen molar-refractivity contribution in [2.45, 2.75) is 33.6 Å². The predicted molar refractivity (Wildman–Crippen MR) is 108 cm³/mol. The van der Waals surface area contributed by atoms with Gasteiger partial charge in [-0.3, -0.25) is 9.59 Å². The molecule has 0 saturated carbocycles. The Balaban J connectivity index is 1.61. The molecular weight excluding hydrogens is 368 g/mol. The first-order valence-corrected chi connectivity index (χ1v) is 10.8. The maximum absolute atomic E-state index is 12.8. The zero-order chi connectivity index (χ0) is 18.7. The van der Waals surface area contributed by atoms with Crippen molar-refractivity contribution >= 4 is 49.1 Å². The number of nitrogens with zero attached hydrogens (tertiary/aromatic N) is 3. The number of nitrogens with one attached hydrogen (secondary N) is 1. The van der Waals surface area contributed by atoms with Gasteiger partial charge in [0.15, 0.2) is 5.13 Å². The van der Waals surface area contributed by atoms with Crippen LogP contribution in [-0.2, 0) is 4.79 Å². The lowest BCUT2D eigenvalue weighted by atomic mass is 9.96. The van der Waals surface area contributed by atoms with E-state index in [9.17, 15) is 9.59 Å². The number of carbonyl (C=O) groups is 2. The number of thiophene rings is 1. The van der Waals surface area contributed by atoms with Gasteiger partial charge in [0.1, 0.15) is 4.83 Å². The minimum absolute atomic E-state index is 0.0127. The van der Waals surface area contributed by atoms with E-state index < -0.39 is 0 Å². The Kier molecular flexibility index (Phi) is 6.13. The fourth-order valence-electron chi connectivity index (χ4n) is 3.24. The van der Waals surface area contributed by atoms with Gasteiger partial charge in [0, 0.05) is 39.6 Å². The van der Waals surface area contributed by atoms with Crippen LogP contribution in [-0.4, -0.2) is 54.4 Å². The number of fused-ring (bicyclic) bond motifs is 1. The topological polar surface area (TPSA) is 65.5 Å². The number of thiazole rings is 1. The SMILES string of the molecule is CCN(CC)c1nc2sc(C(=O)N3CCC(CNC(C)=O)CC3)cc2s1. The van der Waals surface area contributed by atoms with Crippen molar-refractivity contribution < 1.29 is 9.59 Å². The molecule has 0 radical (unpaired) electrons. The van der Waals surface area contributed by atoms with Crippen LogP contribution in [0.25, 0.3) is 9.53 Å². The van der Waals surface area contributed by atoms with Crippen molar-refractivity contribution in [3.63, 3.8) is 0 Å². The molecule has 3 rings (SSSR count). The maximum atomic E-state index is 12.8. The normalized spacial score (nSPS) is 15.4. The second kappa shape index (κ2) is 8.35. The molecule has 0 aliphatic carbocycles. The molecule has 0 bridgehead atoms. The van der Waals surface area contributed by atoms with Gasteiger partial charge < -0.3 is 15.1 Å². The van der Waals surface area contributed by atoms with Crippen molar-refractivity contribution in [1.29, 1.82) is 0 Å². The van der Waals surface area contributed by atoms with Crippen LogP contribution >= 0.6 is 22.7 Å². The highest BCUT2D eigenvalue weighted by molar-refractivity contribution is 7.29. The standard InChI is InChI=1S/C18H26N4O2S2/c1-4-21(5-2)18-20-16-14(26-18)10-15(25-16)17(24)22-8-6-13(7-9-22)11-19-12(3)23/h10,13H,4-9,11H2,1-3H3,(H,19,23). The minimum Gasteiger partial charge on any atom is -0.356 e. The average Bonchev–Trinajstić information content (AvgIpc) is 3.20. The summed E-state index contributed by atoms with van der Waals surface area (Å²) in [6.07, 6.45) is 1.88. The Hall–Kier alpha value is -1.67. The molecule has 26 heavy (non-hydrogen) atoms. The monoisotopic (exact) mass is 394 g/mol. The molecule has 6 nitrogen and oxygen atoms in total. The first-order chi connectivity index (χ1) is 12.5. The minimum atomic E-state index is 0.0127. The van der Waals surface area contributed by atoms with E-state index in [0.29, 0.717) is 12.5 Å². The number of hydrogen-bond donors (Lipinski definition) is 1. The summed E-state index contributed by atoms with van der Waals surface area (Å²) in [4.78, 5) is 34.5. The first kappa shape index (κ1) is 19.1. The van der Waals surface area contributed by atoms with Gasteiger partial charge >= 0.3 is 0 Å². The van der Waals surface area contributed by atoms with E-state index in [1.165, 1.54) is 11.3 Å². The Bertz CT molecular complexity index is 742. The molecule has 142 valence electrons. The van der Waals surface area contributed by atoms with Gasteiger partial charge in [-0.25, -0.2) is 4.98 Å². The molecular formula is C18H26N4O2S2. The lowest BCUT2D eigenvalue weighted by molar-refractivity contribution is -0.119. The molecule has 2 aromatic rings. The summed E-state index contributed by atoms with van der Waals surface area (Å²) in [5.41, 5.74) is 0. The van der Waals surface area contributed by atoms with Gasteiger partial charge in [0.25, 0.3) is 5.91 Å². The zero-order valence-electron chi connectivity index (χ0n) is 15.6. The summed E-state index contributed by atoms with van der Waals surface area (Å²) in [6.45, 7) is 9.91. The Morgan fingerprint density at radius 2 is 1.96 bits per heavy atom. The van der Waals surface area contributed by atoms with Crippen LogP contribution in [0.4, 0.5) is 5.13 Å². The molecule has 0 atom stereocenters. The van der Waals surface area contributed by atoms with Crippen LogP contribution in [0.2, 0.25) is 0 Å². The van der Waals surface area contributed by atoms with E-state index in [1.54, 1.807) is 18.3 Å². The molecule has 0 aromatic carbocycles. The number of rotatable bonds is 6. The lowest BCUT2D eigenvalue weighted by Gasteiger charge is -2.31. The second-order valence-electron chi connectivity index (χ2n) is 6.62. The van der Waals surface area contributed by atoms with Crippen LogP contribution in [0, 0.1) is 5.92 Å². The van der Waals surface area contributed by atoms with E-state index >= 15 is 0 Å². The van der Waals surface area contributed by atoms with E-state index in [2.05, 4.69) is 24.1 Å². The highest BCUT2D eigenvalue weighted by Gasteiger charge is 2.25. The summed E-state index contributed by atoms with van der Waals surface area (Å²) in [5.74, 6) is 0.592. The molecule has 1 saturated heterocycles. The molecule has 1 N–H and O–H groups in total. The summed E-state index contributed by atoms with van der Waals surface area (Å²) >= 11 is 3.16. The number of likely N-dealkylation sites (tertiary alicyclic amines) is 1. The number of carbonyl (C=O) groups excluding carboxylic acids is 2. The highest BCUT2D eigenvalue weighted by atomic mass is 32.1. The highest BCUT2D eigenvalue weighted by Crippen LogP contribution is 2.35. The molecule has 1 fully saturated rings. The van der Waals surface area contributed by atoms with E-state index in [0.717, 1.165) is 58.6 Å². The molecule has 3 heterocycles. The second-order valence-corrected chi connectivity index (χ2v) is 8.66. The third kappa shape index (κ3) is 4.17. The Labute approximate surface area is 162 Å². The van der Waals surface area contributed by atoms with Crippen LogP contribution in [0.3, 0.4) is 0 Å². The van der Waals surface area contributed by atoms with Gasteiger partial charge in [0.05, 0.1) is 9.58 Å². The van der Waals surface area contributed by atoms with Crippen LogP contribution in [0.1, 0.15) is 43.3 Å². The van der Waals surface area contributed by atoms with Crippen molar-refractivity contribution in [1.82, 2.24) is 15.2 Å². The van der Waals surface area contributed by atoms with E-state index in [1.807, 2.05) is 11.0 Å². The third-order valence-corrected chi connectivity index (χ3v) is 7.07. The van der Waals surface area contributed by atoms with Gasteiger partial charge in [-0.1, -0.05) is 11.3 Å². The predicted octanol–water partition coefficient (Wildman–Crippen LogP) is 3.19. The van der Waals surface area contributed by atoms with Crippen LogP contribution < -0.4 is 10.2 Å². The maximum Gasteiger partial charge on any atom is 0.264 e. The average molecular weight is 395 g/mol. The fourth-order valence-corrected chi connectivity index (χ4v) is 5.55. The van der Waals surface area contributed by atoms with E-state index in [4.69, 9.17) is 4.98 Å². The number of piperidine rings is 1. The van der Waals surface area contributed by atoms with Crippen LogP contribution in [0.5, 0.6) is 0 Å². The summed E-state index contributed by atoms with van der Waals surface area (Å²) in [6, 6.07) is 2.00. The first-order valence-electron chi connectivity index (χ1n) is 9.20. The number of hydrogen-bond acceptors (Lipinski definition) is 6. The van der Waals surface area contributed by atoms with Crippen molar-refractivity contribution in [3.05, 3.63) is 10.9 Å². The quantitative estimate of drug-likeness (QED) is 0.817. The molecule has 2 aromatic heterocycles. The molecule has 0 unspecified atom stereocenters. The molecule has 1 aliphatic heterocycles. The fraction of sp³-hybridized carbons (Fsp3) is 0.611. The number of amides is 2. The van der Waals surface area contributed by atoms with Crippen molar-refractivity contribution in [3.8, 4) is 0 Å². The third-order valence-electron chi connectivity index (χ3n) is 4.86. The molecule has 2 amide bonds. The molecule has 0 spiro atoms.